The van der Waals surface area contributed by atoms with Crippen LogP contribution in [-0.4, -0.2) is 49.9 Å². The second-order valence-electron chi connectivity index (χ2n) is 5.89. The molecule has 9 heteroatoms. The fraction of sp³-hybridized carbons (Fsp3) is 0.353. The van der Waals surface area contributed by atoms with Crippen LogP contribution in [0.15, 0.2) is 23.2 Å². The molecule has 140 valence electrons. The SMILES string of the molecule is COC(=O)COc1c(C(=O)c2cc(C)c(S(C)(=O)=O)c(C)c2)cnn1C. The highest BCUT2D eigenvalue weighted by Crippen LogP contribution is 2.26. The Labute approximate surface area is 151 Å². The van der Waals surface area contributed by atoms with E-state index in [-0.39, 0.29) is 28.7 Å². The molecule has 0 aliphatic carbocycles. The van der Waals surface area contributed by atoms with Gasteiger partial charge in [-0.3, -0.25) is 4.79 Å². The molecule has 8 nitrogen and oxygen atoms in total. The summed E-state index contributed by atoms with van der Waals surface area (Å²) in [6, 6.07) is 3.03. The standard InChI is InChI=1S/C17H20N2O6S/c1-10-6-12(7-11(2)16(10)26(5,22)23)15(21)13-8-18-19(3)17(13)25-9-14(20)24-4/h6-8H,9H2,1-5H3. The maximum absolute atomic E-state index is 12.9. The summed E-state index contributed by atoms with van der Waals surface area (Å²) in [5.41, 5.74) is 1.44. The van der Waals surface area contributed by atoms with Crippen molar-refractivity contribution in [1.82, 2.24) is 9.78 Å². The molecule has 0 spiro atoms. The molecule has 0 saturated heterocycles. The number of sulfone groups is 1. The van der Waals surface area contributed by atoms with E-state index in [2.05, 4.69) is 9.84 Å². The highest BCUT2D eigenvalue weighted by atomic mass is 32.2. The van der Waals surface area contributed by atoms with Gasteiger partial charge >= 0.3 is 5.97 Å². The Morgan fingerprint density at radius 3 is 2.27 bits per heavy atom. The molecule has 2 aromatic rings. The topological polar surface area (TPSA) is 105 Å². The third kappa shape index (κ3) is 3.93. The molecule has 0 aliphatic heterocycles. The van der Waals surface area contributed by atoms with Crippen LogP contribution in [0.25, 0.3) is 0 Å². The maximum Gasteiger partial charge on any atom is 0.343 e. The number of ether oxygens (including phenoxy) is 2. The van der Waals surface area contributed by atoms with Crippen LogP contribution in [0.2, 0.25) is 0 Å². The molecule has 0 atom stereocenters. The van der Waals surface area contributed by atoms with Crippen molar-refractivity contribution in [3.05, 3.63) is 40.6 Å². The molecule has 1 heterocycles. The number of benzene rings is 1. The summed E-state index contributed by atoms with van der Waals surface area (Å²) in [5.74, 6) is -0.846. The Morgan fingerprint density at radius 2 is 1.77 bits per heavy atom. The summed E-state index contributed by atoms with van der Waals surface area (Å²) < 4.78 is 35.0. The van der Waals surface area contributed by atoms with Crippen molar-refractivity contribution in [2.45, 2.75) is 18.7 Å². The lowest BCUT2D eigenvalue weighted by Gasteiger charge is -2.11. The average Bonchev–Trinajstić information content (AvgIpc) is 2.90. The summed E-state index contributed by atoms with van der Waals surface area (Å²) in [5, 5.41) is 3.99. The van der Waals surface area contributed by atoms with Gasteiger partial charge in [-0.15, -0.1) is 0 Å². The molecule has 0 amide bonds. The Balaban J connectivity index is 2.43. The normalized spacial score (nSPS) is 11.3. The predicted molar refractivity (Wildman–Crippen MR) is 93.2 cm³/mol. The van der Waals surface area contributed by atoms with Crippen molar-refractivity contribution < 1.29 is 27.5 Å². The highest BCUT2D eigenvalue weighted by Gasteiger charge is 2.23. The quantitative estimate of drug-likeness (QED) is 0.548. The minimum atomic E-state index is -3.40. The van der Waals surface area contributed by atoms with Crippen LogP contribution in [0.4, 0.5) is 0 Å². The summed E-state index contributed by atoms with van der Waals surface area (Å²) in [4.78, 5) is 24.3. The number of carbonyl (C=O) groups excluding carboxylic acids is 2. The number of rotatable bonds is 6. The molecule has 0 saturated carbocycles. The van der Waals surface area contributed by atoms with E-state index < -0.39 is 15.8 Å². The molecule has 26 heavy (non-hydrogen) atoms. The van der Waals surface area contributed by atoms with E-state index >= 15 is 0 Å². The second kappa shape index (κ2) is 7.28. The third-order valence-electron chi connectivity index (χ3n) is 3.78. The molecule has 0 bridgehead atoms. The van der Waals surface area contributed by atoms with E-state index in [9.17, 15) is 18.0 Å². The number of methoxy groups -OCH3 is 1. The molecule has 2 rings (SSSR count). The third-order valence-corrected chi connectivity index (χ3v) is 5.16. The first kappa shape index (κ1) is 19.6. The summed E-state index contributed by atoms with van der Waals surface area (Å²) >= 11 is 0. The van der Waals surface area contributed by atoms with Crippen molar-refractivity contribution in [3.63, 3.8) is 0 Å². The Hall–Kier alpha value is -2.68. The van der Waals surface area contributed by atoms with Gasteiger partial charge in [0.1, 0.15) is 5.56 Å². The lowest BCUT2D eigenvalue weighted by Crippen LogP contribution is -2.16. The fourth-order valence-electron chi connectivity index (χ4n) is 2.76. The van der Waals surface area contributed by atoms with Crippen LogP contribution in [0.5, 0.6) is 5.88 Å². The van der Waals surface area contributed by atoms with Crippen molar-refractivity contribution in [2.24, 2.45) is 7.05 Å². The Bertz CT molecular complexity index is 952. The number of nitrogens with zero attached hydrogens (tertiary/aromatic N) is 2. The van der Waals surface area contributed by atoms with E-state index in [0.29, 0.717) is 16.7 Å². The first-order valence-corrected chi connectivity index (χ1v) is 9.53. The molecular formula is C17H20N2O6S. The van der Waals surface area contributed by atoms with Gasteiger partial charge < -0.3 is 9.47 Å². The molecule has 0 aliphatic rings. The van der Waals surface area contributed by atoms with Gasteiger partial charge in [-0.1, -0.05) is 0 Å². The monoisotopic (exact) mass is 380 g/mol. The van der Waals surface area contributed by atoms with E-state index in [0.717, 1.165) is 6.26 Å². The lowest BCUT2D eigenvalue weighted by atomic mass is 10.0. The highest BCUT2D eigenvalue weighted by molar-refractivity contribution is 7.90. The fourth-order valence-corrected chi connectivity index (χ4v) is 4.05. The largest absolute Gasteiger partial charge is 0.466 e. The number of carbonyl (C=O) groups is 2. The van der Waals surface area contributed by atoms with Gasteiger partial charge in [-0.05, 0) is 37.1 Å². The Morgan fingerprint density at radius 1 is 1.19 bits per heavy atom. The average molecular weight is 380 g/mol. The van der Waals surface area contributed by atoms with Crippen molar-refractivity contribution in [2.75, 3.05) is 20.0 Å². The summed E-state index contributed by atoms with van der Waals surface area (Å²) in [7, 11) is -0.592. The molecule has 1 aromatic heterocycles. The zero-order chi connectivity index (χ0) is 19.6. The number of hydrogen-bond acceptors (Lipinski definition) is 7. The van der Waals surface area contributed by atoms with Gasteiger partial charge in [0, 0.05) is 18.9 Å². The van der Waals surface area contributed by atoms with Crippen molar-refractivity contribution >= 4 is 21.6 Å². The van der Waals surface area contributed by atoms with Crippen LogP contribution in [0, 0.1) is 13.8 Å². The number of hydrogen-bond donors (Lipinski definition) is 0. The predicted octanol–water partition coefficient (Wildman–Crippen LogP) is 1.22. The van der Waals surface area contributed by atoms with Gasteiger partial charge in [0.2, 0.25) is 5.88 Å². The van der Waals surface area contributed by atoms with Gasteiger partial charge in [0.15, 0.2) is 22.2 Å². The van der Waals surface area contributed by atoms with Gasteiger partial charge in [0.25, 0.3) is 0 Å². The minimum absolute atomic E-state index is 0.128. The first-order valence-electron chi connectivity index (χ1n) is 7.64. The van der Waals surface area contributed by atoms with Gasteiger partial charge in [0.05, 0.1) is 18.2 Å². The summed E-state index contributed by atoms with van der Waals surface area (Å²) in [6.07, 6.45) is 2.47. The molecule has 0 fully saturated rings. The zero-order valence-corrected chi connectivity index (χ0v) is 16.0. The van der Waals surface area contributed by atoms with Gasteiger partial charge in [-0.25, -0.2) is 17.9 Å². The number of aromatic nitrogens is 2. The first-order chi connectivity index (χ1) is 12.1. The van der Waals surface area contributed by atoms with E-state index in [1.807, 2.05) is 0 Å². The number of aryl methyl sites for hydroxylation is 3. The van der Waals surface area contributed by atoms with Crippen LogP contribution in [0.3, 0.4) is 0 Å². The molecular weight excluding hydrogens is 360 g/mol. The molecule has 0 N–H and O–H groups in total. The van der Waals surface area contributed by atoms with Crippen molar-refractivity contribution in [1.29, 1.82) is 0 Å². The van der Waals surface area contributed by atoms with E-state index in [1.54, 1.807) is 20.9 Å². The Kier molecular flexibility index (Phi) is 5.50. The summed E-state index contributed by atoms with van der Waals surface area (Å²) in [6.45, 7) is 2.91. The maximum atomic E-state index is 12.9. The van der Waals surface area contributed by atoms with Crippen LogP contribution >= 0.6 is 0 Å². The van der Waals surface area contributed by atoms with Crippen LogP contribution in [0.1, 0.15) is 27.0 Å². The smallest absolute Gasteiger partial charge is 0.343 e. The minimum Gasteiger partial charge on any atom is -0.466 e. The van der Waals surface area contributed by atoms with E-state index in [4.69, 9.17) is 4.74 Å². The lowest BCUT2D eigenvalue weighted by molar-refractivity contribution is -0.143. The molecule has 0 unspecified atom stereocenters. The zero-order valence-electron chi connectivity index (χ0n) is 15.2. The molecule has 0 radical (unpaired) electrons. The second-order valence-corrected chi connectivity index (χ2v) is 7.84. The van der Waals surface area contributed by atoms with Gasteiger partial charge in [-0.2, -0.15) is 5.10 Å². The van der Waals surface area contributed by atoms with Crippen LogP contribution < -0.4 is 4.74 Å². The van der Waals surface area contributed by atoms with Crippen molar-refractivity contribution in [3.8, 4) is 5.88 Å². The number of esters is 1. The number of ketones is 1. The van der Waals surface area contributed by atoms with Crippen LogP contribution in [-0.2, 0) is 26.4 Å². The molecule has 1 aromatic carbocycles. The van der Waals surface area contributed by atoms with E-state index in [1.165, 1.54) is 30.1 Å².